The first-order valence-electron chi connectivity index (χ1n) is 6.24. The Morgan fingerprint density at radius 1 is 1.32 bits per heavy atom. The summed E-state index contributed by atoms with van der Waals surface area (Å²) >= 11 is 5.57. The van der Waals surface area contributed by atoms with Gasteiger partial charge in [0.25, 0.3) is 0 Å². The molecule has 102 valence electrons. The van der Waals surface area contributed by atoms with E-state index in [0.29, 0.717) is 13.1 Å². The molecule has 2 aromatic rings. The van der Waals surface area contributed by atoms with Crippen LogP contribution in [0.2, 0.25) is 0 Å². The summed E-state index contributed by atoms with van der Waals surface area (Å²) in [6.07, 6.45) is 0.728. The first kappa shape index (κ1) is 13.0. The fourth-order valence-electron chi connectivity index (χ4n) is 2.61. The summed E-state index contributed by atoms with van der Waals surface area (Å²) in [5, 5.41) is 1.11. The molecule has 0 radical (unpaired) electrons. The van der Waals surface area contributed by atoms with Crippen LogP contribution in [0.25, 0.3) is 10.9 Å². The molecule has 1 N–H and O–H groups in total. The molecule has 1 aromatic carbocycles. The second kappa shape index (κ2) is 4.81. The van der Waals surface area contributed by atoms with Crippen LogP contribution in [0.1, 0.15) is 11.3 Å². The van der Waals surface area contributed by atoms with Gasteiger partial charge in [0.05, 0.1) is 5.75 Å². The number of nitrogens with zero attached hydrogens (tertiary/aromatic N) is 1. The Labute approximate surface area is 117 Å². The van der Waals surface area contributed by atoms with Gasteiger partial charge in [0.15, 0.2) is 0 Å². The Hall–Kier alpha value is -1.04. The summed E-state index contributed by atoms with van der Waals surface area (Å²) in [5.41, 5.74) is 3.32. The zero-order valence-corrected chi connectivity index (χ0v) is 12.0. The average molecular weight is 299 g/mol. The molecular weight excluding hydrogens is 284 g/mol. The van der Waals surface area contributed by atoms with Gasteiger partial charge in [0.2, 0.25) is 10.0 Å². The van der Waals surface area contributed by atoms with E-state index in [9.17, 15) is 8.42 Å². The molecule has 0 atom stereocenters. The molecular formula is C13H15ClN2O2S. The van der Waals surface area contributed by atoms with Gasteiger partial charge in [0, 0.05) is 42.0 Å². The molecule has 0 saturated carbocycles. The van der Waals surface area contributed by atoms with Crippen molar-refractivity contribution in [1.82, 2.24) is 9.29 Å². The van der Waals surface area contributed by atoms with E-state index in [4.69, 9.17) is 11.6 Å². The molecule has 1 aromatic heterocycles. The summed E-state index contributed by atoms with van der Waals surface area (Å²) in [7, 11) is -3.24. The van der Waals surface area contributed by atoms with Crippen molar-refractivity contribution in [2.24, 2.45) is 0 Å². The highest BCUT2D eigenvalue weighted by molar-refractivity contribution is 7.89. The third-order valence-corrected chi connectivity index (χ3v) is 5.81. The number of sulfonamides is 1. The van der Waals surface area contributed by atoms with Gasteiger partial charge in [-0.1, -0.05) is 18.2 Å². The fraction of sp³-hybridized carbons (Fsp3) is 0.385. The fourth-order valence-corrected chi connectivity index (χ4v) is 4.34. The molecule has 0 saturated heterocycles. The van der Waals surface area contributed by atoms with Gasteiger partial charge < -0.3 is 4.98 Å². The smallest absolute Gasteiger partial charge is 0.215 e. The van der Waals surface area contributed by atoms with Crippen LogP contribution >= 0.6 is 11.6 Å². The number of halogens is 1. The lowest BCUT2D eigenvalue weighted by molar-refractivity contribution is 0.392. The zero-order chi connectivity index (χ0) is 13.5. The summed E-state index contributed by atoms with van der Waals surface area (Å²) < 4.78 is 25.7. The number of benzene rings is 1. The Bertz CT molecular complexity index is 709. The Morgan fingerprint density at radius 2 is 2.11 bits per heavy atom. The predicted octanol–water partition coefficient (Wildman–Crippen LogP) is 2.09. The lowest BCUT2D eigenvalue weighted by Crippen LogP contribution is -2.37. The third kappa shape index (κ3) is 2.26. The van der Waals surface area contributed by atoms with Gasteiger partial charge >= 0.3 is 0 Å². The van der Waals surface area contributed by atoms with Gasteiger partial charge in [-0.3, -0.25) is 0 Å². The maximum Gasteiger partial charge on any atom is 0.215 e. The van der Waals surface area contributed by atoms with E-state index in [0.717, 1.165) is 28.6 Å². The number of aromatic nitrogens is 1. The van der Waals surface area contributed by atoms with Gasteiger partial charge in [-0.15, -0.1) is 11.6 Å². The second-order valence-corrected chi connectivity index (χ2v) is 7.18. The largest absolute Gasteiger partial charge is 0.358 e. The molecule has 4 nitrogen and oxygen atoms in total. The summed E-state index contributed by atoms with van der Waals surface area (Å²) in [5.74, 6) is 0.145. The van der Waals surface area contributed by atoms with Crippen molar-refractivity contribution in [3.63, 3.8) is 0 Å². The van der Waals surface area contributed by atoms with Crippen molar-refractivity contribution in [3.8, 4) is 0 Å². The summed E-state index contributed by atoms with van der Waals surface area (Å²) in [4.78, 5) is 3.37. The number of para-hydroxylation sites is 1. The van der Waals surface area contributed by atoms with Crippen LogP contribution in [0, 0.1) is 0 Å². The van der Waals surface area contributed by atoms with Gasteiger partial charge in [-0.25, -0.2) is 8.42 Å². The van der Waals surface area contributed by atoms with Crippen LogP contribution in [-0.4, -0.2) is 35.9 Å². The molecule has 0 unspecified atom stereocenters. The number of hydrogen-bond acceptors (Lipinski definition) is 2. The maximum atomic E-state index is 12.1. The zero-order valence-electron chi connectivity index (χ0n) is 10.4. The van der Waals surface area contributed by atoms with E-state index in [2.05, 4.69) is 4.98 Å². The minimum Gasteiger partial charge on any atom is -0.358 e. The number of aromatic amines is 1. The molecule has 0 amide bonds. The maximum absolute atomic E-state index is 12.1. The highest BCUT2D eigenvalue weighted by Gasteiger charge is 2.28. The Balaban J connectivity index is 1.99. The number of H-pyrrole nitrogens is 1. The van der Waals surface area contributed by atoms with E-state index in [-0.39, 0.29) is 11.6 Å². The van der Waals surface area contributed by atoms with E-state index in [1.165, 1.54) is 4.31 Å². The second-order valence-electron chi connectivity index (χ2n) is 4.72. The van der Waals surface area contributed by atoms with Crippen LogP contribution in [0.5, 0.6) is 0 Å². The van der Waals surface area contributed by atoms with Crippen molar-refractivity contribution in [1.29, 1.82) is 0 Å². The molecule has 6 heteroatoms. The molecule has 0 bridgehead atoms. The number of fused-ring (bicyclic) bond motifs is 3. The minimum atomic E-state index is -3.24. The molecule has 0 aliphatic carbocycles. The van der Waals surface area contributed by atoms with E-state index in [1.807, 2.05) is 24.3 Å². The van der Waals surface area contributed by atoms with Crippen LogP contribution in [-0.2, 0) is 23.0 Å². The number of nitrogens with one attached hydrogen (secondary N) is 1. The predicted molar refractivity (Wildman–Crippen MR) is 76.9 cm³/mol. The van der Waals surface area contributed by atoms with Crippen LogP contribution in [0.4, 0.5) is 0 Å². The highest BCUT2D eigenvalue weighted by Crippen LogP contribution is 2.28. The van der Waals surface area contributed by atoms with Crippen LogP contribution in [0.3, 0.4) is 0 Å². The molecule has 1 aliphatic rings. The first-order valence-corrected chi connectivity index (χ1v) is 8.38. The van der Waals surface area contributed by atoms with Gasteiger partial charge in [-0.2, -0.15) is 4.31 Å². The average Bonchev–Trinajstić information content (AvgIpc) is 2.76. The Kier molecular flexibility index (Phi) is 3.28. The molecule has 0 spiro atoms. The lowest BCUT2D eigenvalue weighted by Gasteiger charge is -2.26. The SMILES string of the molecule is O=S(=O)(CCCl)N1CCc2[nH]c3ccccc3c2C1. The van der Waals surface area contributed by atoms with Gasteiger partial charge in [0.1, 0.15) is 0 Å². The first-order chi connectivity index (χ1) is 9.12. The molecule has 1 aliphatic heterocycles. The van der Waals surface area contributed by atoms with Crippen molar-refractivity contribution < 1.29 is 8.42 Å². The third-order valence-electron chi connectivity index (χ3n) is 3.58. The van der Waals surface area contributed by atoms with E-state index in [1.54, 1.807) is 0 Å². The number of alkyl halides is 1. The van der Waals surface area contributed by atoms with Crippen LogP contribution < -0.4 is 0 Å². The van der Waals surface area contributed by atoms with Crippen molar-refractivity contribution >= 4 is 32.5 Å². The van der Waals surface area contributed by atoms with E-state index < -0.39 is 10.0 Å². The Morgan fingerprint density at radius 3 is 2.89 bits per heavy atom. The quantitative estimate of drug-likeness (QED) is 0.882. The van der Waals surface area contributed by atoms with E-state index >= 15 is 0 Å². The number of rotatable bonds is 3. The molecule has 2 heterocycles. The monoisotopic (exact) mass is 298 g/mol. The lowest BCUT2D eigenvalue weighted by atomic mass is 10.1. The van der Waals surface area contributed by atoms with Crippen molar-refractivity contribution in [2.45, 2.75) is 13.0 Å². The molecule has 19 heavy (non-hydrogen) atoms. The van der Waals surface area contributed by atoms with Crippen LogP contribution in [0.15, 0.2) is 24.3 Å². The van der Waals surface area contributed by atoms with Gasteiger partial charge in [-0.05, 0) is 11.6 Å². The standard InChI is InChI=1S/C13H15ClN2O2S/c14-6-8-19(17,18)16-7-5-13-11(9-16)10-3-1-2-4-12(10)15-13/h1-4,15H,5-9H2. The molecule has 3 rings (SSSR count). The van der Waals surface area contributed by atoms with Crippen molar-refractivity contribution in [2.75, 3.05) is 18.2 Å². The highest BCUT2D eigenvalue weighted by atomic mass is 35.5. The normalized spacial score (nSPS) is 16.7. The van der Waals surface area contributed by atoms with Crippen molar-refractivity contribution in [3.05, 3.63) is 35.5 Å². The summed E-state index contributed by atoms with van der Waals surface area (Å²) in [6.45, 7) is 0.970. The topological polar surface area (TPSA) is 53.2 Å². The number of hydrogen-bond donors (Lipinski definition) is 1. The summed E-state index contributed by atoms with van der Waals surface area (Å²) in [6, 6.07) is 8.00. The molecule has 0 fully saturated rings. The minimum absolute atomic E-state index is 0.00619.